The monoisotopic (exact) mass is 908 g/mol. The standard InChI is InChI=1S/C38H80O11Si7/c1-33(2)36(39)42-25-20-22-28-50(7,8)45-52(11,12)31-32-53(13,14)47-55(17,18)49-56(19,30-24-27-44-38(41)35(5)6)48-54(15,16)46-51(9,10)29-23-21-26-43-37(40)34(3)4/h1,3,5,20-32H2,2,4,6-19H3. The van der Waals surface area contributed by atoms with Gasteiger partial charge in [-0.25, -0.2) is 14.4 Å². The highest BCUT2D eigenvalue weighted by Gasteiger charge is 2.48. The summed E-state index contributed by atoms with van der Waals surface area (Å²) in [5.41, 5.74) is 1.20. The van der Waals surface area contributed by atoms with Crippen molar-refractivity contribution in [2.24, 2.45) is 0 Å². The molecule has 326 valence electrons. The zero-order chi connectivity index (χ0) is 43.8. The van der Waals surface area contributed by atoms with Gasteiger partial charge in [-0.1, -0.05) is 32.6 Å². The number of hydrogen-bond acceptors (Lipinski definition) is 11. The van der Waals surface area contributed by atoms with Crippen molar-refractivity contribution < 1.29 is 49.2 Å². The zero-order valence-electron chi connectivity index (χ0n) is 38.3. The molecule has 0 saturated carbocycles. The van der Waals surface area contributed by atoms with Gasteiger partial charge < -0.3 is 34.8 Å². The normalized spacial score (nSPS) is 14.1. The molecular weight excluding hydrogens is 829 g/mol. The van der Waals surface area contributed by atoms with Crippen LogP contribution in [0.4, 0.5) is 0 Å². The van der Waals surface area contributed by atoms with Gasteiger partial charge >= 0.3 is 43.6 Å². The molecule has 56 heavy (non-hydrogen) atoms. The Hall–Kier alpha value is -1.05. The lowest BCUT2D eigenvalue weighted by atomic mass is 10.3. The van der Waals surface area contributed by atoms with Crippen LogP contribution in [-0.4, -0.2) is 96.7 Å². The lowest BCUT2D eigenvalue weighted by Crippen LogP contribution is -2.60. The summed E-state index contributed by atoms with van der Waals surface area (Å²) in [7, 11) is -16.6. The lowest BCUT2D eigenvalue weighted by molar-refractivity contribution is -0.139. The molecule has 0 aromatic rings. The third kappa shape index (κ3) is 26.1. The van der Waals surface area contributed by atoms with Crippen LogP contribution < -0.4 is 0 Å². The van der Waals surface area contributed by atoms with Crippen LogP contribution in [0, 0.1) is 0 Å². The summed E-state index contributed by atoms with van der Waals surface area (Å²) in [4.78, 5) is 35.5. The number of hydrogen-bond donors (Lipinski definition) is 0. The van der Waals surface area contributed by atoms with E-state index < -0.39 is 64.9 Å². The summed E-state index contributed by atoms with van der Waals surface area (Å²) in [6.07, 6.45) is 4.03. The number of esters is 3. The van der Waals surface area contributed by atoms with Crippen LogP contribution >= 0.6 is 0 Å². The first-order valence-corrected chi connectivity index (χ1v) is 40.8. The van der Waals surface area contributed by atoms with Crippen LogP contribution in [0.25, 0.3) is 0 Å². The van der Waals surface area contributed by atoms with Crippen LogP contribution in [0.1, 0.15) is 52.9 Å². The van der Waals surface area contributed by atoms with Gasteiger partial charge in [-0.3, -0.25) is 0 Å². The Morgan fingerprint density at radius 3 is 1.00 bits per heavy atom. The first-order chi connectivity index (χ1) is 25.2. The number of rotatable bonds is 30. The van der Waals surface area contributed by atoms with Crippen LogP contribution in [0.3, 0.4) is 0 Å². The third-order valence-electron chi connectivity index (χ3n) is 8.72. The predicted octanol–water partition coefficient (Wildman–Crippen LogP) is 10.7. The van der Waals surface area contributed by atoms with Crippen molar-refractivity contribution in [2.75, 3.05) is 19.8 Å². The predicted molar refractivity (Wildman–Crippen MR) is 246 cm³/mol. The average molecular weight is 910 g/mol. The van der Waals surface area contributed by atoms with Gasteiger partial charge in [0.05, 0.1) is 19.8 Å². The molecule has 0 radical (unpaired) electrons. The lowest BCUT2D eigenvalue weighted by Gasteiger charge is -2.44. The fraction of sp³-hybridized carbons (Fsp3) is 0.763. The largest absolute Gasteiger partial charge is 0.462 e. The van der Waals surface area contributed by atoms with E-state index in [0.717, 1.165) is 49.9 Å². The molecule has 1 unspecified atom stereocenters. The van der Waals surface area contributed by atoms with Crippen LogP contribution in [0.2, 0.25) is 115 Å². The second kappa shape index (κ2) is 23.7. The molecule has 0 bridgehead atoms. The molecule has 0 aromatic carbocycles. The summed E-state index contributed by atoms with van der Waals surface area (Å²) < 4.78 is 51.0. The molecule has 0 saturated heterocycles. The van der Waals surface area contributed by atoms with Gasteiger partial charge in [-0.05, 0) is 155 Å². The van der Waals surface area contributed by atoms with Crippen molar-refractivity contribution in [1.82, 2.24) is 0 Å². The van der Waals surface area contributed by atoms with Gasteiger partial charge in [-0.15, -0.1) is 0 Å². The van der Waals surface area contributed by atoms with Crippen molar-refractivity contribution in [2.45, 2.75) is 168 Å². The minimum Gasteiger partial charge on any atom is -0.462 e. The topological polar surface area (TPSA) is 125 Å². The highest BCUT2D eigenvalue weighted by Crippen LogP contribution is 2.33. The van der Waals surface area contributed by atoms with E-state index in [-0.39, 0.29) is 18.5 Å². The number of carbonyl (C=O) groups is 3. The van der Waals surface area contributed by atoms with Crippen molar-refractivity contribution in [3.05, 3.63) is 36.5 Å². The fourth-order valence-electron chi connectivity index (χ4n) is 6.65. The molecule has 11 nitrogen and oxygen atoms in total. The fourth-order valence-corrected chi connectivity index (χ4v) is 43.5. The van der Waals surface area contributed by atoms with Crippen molar-refractivity contribution in [3.63, 3.8) is 0 Å². The molecule has 0 amide bonds. The molecule has 0 heterocycles. The van der Waals surface area contributed by atoms with Crippen LogP contribution in [0.15, 0.2) is 36.5 Å². The van der Waals surface area contributed by atoms with E-state index in [1.165, 1.54) is 0 Å². The molecule has 0 rings (SSSR count). The van der Waals surface area contributed by atoms with Gasteiger partial charge in [0.25, 0.3) is 0 Å². The maximum absolute atomic E-state index is 12.1. The van der Waals surface area contributed by atoms with Crippen molar-refractivity contribution in [1.29, 1.82) is 0 Å². The van der Waals surface area contributed by atoms with E-state index in [1.54, 1.807) is 20.8 Å². The van der Waals surface area contributed by atoms with E-state index >= 15 is 0 Å². The summed E-state index contributed by atoms with van der Waals surface area (Å²) >= 11 is 0. The minimum atomic E-state index is -2.91. The maximum Gasteiger partial charge on any atom is 0.333 e. The molecule has 0 aromatic heterocycles. The Bertz CT molecular complexity index is 1330. The van der Waals surface area contributed by atoms with E-state index in [4.69, 9.17) is 34.8 Å². The van der Waals surface area contributed by atoms with Gasteiger partial charge in [-0.2, -0.15) is 0 Å². The summed E-state index contributed by atoms with van der Waals surface area (Å²) in [5.74, 6) is -1.08. The summed E-state index contributed by atoms with van der Waals surface area (Å²) in [6.45, 7) is 45.7. The summed E-state index contributed by atoms with van der Waals surface area (Å²) in [5, 5.41) is 0. The van der Waals surface area contributed by atoms with Gasteiger partial charge in [0, 0.05) is 16.7 Å². The maximum atomic E-state index is 12.1. The van der Waals surface area contributed by atoms with E-state index in [2.05, 4.69) is 105 Å². The summed E-state index contributed by atoms with van der Waals surface area (Å²) in [6, 6.07) is 4.53. The minimum absolute atomic E-state index is 0.255. The quantitative estimate of drug-likeness (QED) is 0.0225. The average Bonchev–Trinajstić information content (AvgIpc) is 2.99. The first kappa shape index (κ1) is 54.9. The number of carbonyl (C=O) groups excluding carboxylic acids is 3. The Labute approximate surface area is 348 Å². The molecule has 1 atom stereocenters. The van der Waals surface area contributed by atoms with Gasteiger partial charge in [0.1, 0.15) is 0 Å². The van der Waals surface area contributed by atoms with E-state index in [9.17, 15) is 14.4 Å². The van der Waals surface area contributed by atoms with Crippen molar-refractivity contribution in [3.8, 4) is 0 Å². The Kier molecular flexibility index (Phi) is 23.2. The molecule has 0 N–H and O–H groups in total. The molecule has 0 aliphatic rings. The van der Waals surface area contributed by atoms with Crippen molar-refractivity contribution >= 4 is 76.9 Å². The van der Waals surface area contributed by atoms with Crippen LogP contribution in [0.5, 0.6) is 0 Å². The van der Waals surface area contributed by atoms with Gasteiger partial charge in [0.15, 0.2) is 33.3 Å². The van der Waals surface area contributed by atoms with E-state index in [1.807, 2.05) is 0 Å². The SMILES string of the molecule is C=C(C)C(=O)OCCCC[Si](C)(C)O[Si](C)(C)CC[Si](C)(C)O[Si](C)(C)O[Si](C)(CCCOC(=O)C(=C)C)O[Si](C)(C)O[Si](C)(C)CCCCOC(=O)C(=C)C. The second-order valence-electron chi connectivity index (χ2n) is 18.7. The van der Waals surface area contributed by atoms with Crippen LogP contribution in [-0.2, 0) is 49.2 Å². The highest BCUT2D eigenvalue weighted by molar-refractivity contribution is 6.91. The Balaban J connectivity index is 5.63. The smallest absolute Gasteiger partial charge is 0.333 e. The molecule has 0 spiro atoms. The molecule has 0 fully saturated rings. The Morgan fingerprint density at radius 2 is 0.661 bits per heavy atom. The highest BCUT2D eigenvalue weighted by atomic mass is 28.5. The zero-order valence-corrected chi connectivity index (χ0v) is 45.3. The first-order valence-electron chi connectivity index (χ1n) is 20.2. The molecule has 0 aliphatic heterocycles. The molecular formula is C38H80O11Si7. The van der Waals surface area contributed by atoms with Gasteiger partial charge in [0.2, 0.25) is 0 Å². The number of unbranched alkanes of at least 4 members (excludes halogenated alkanes) is 2. The third-order valence-corrected chi connectivity index (χ3v) is 36.7. The molecule has 0 aliphatic carbocycles. The second-order valence-corrected chi connectivity index (χ2v) is 47.3. The Morgan fingerprint density at radius 1 is 0.375 bits per heavy atom. The van der Waals surface area contributed by atoms with E-state index in [0.29, 0.717) is 42.4 Å². The molecule has 18 heteroatoms. The number of ether oxygens (including phenoxy) is 3.